The van der Waals surface area contributed by atoms with Gasteiger partial charge in [0.2, 0.25) is 0 Å². The minimum Gasteiger partial charge on any atom is -0.466 e. The quantitative estimate of drug-likeness (QED) is 0.877. The minimum atomic E-state index is -0.602. The Hall–Kier alpha value is -1.62. The standard InChI is InChI=1S/C12H17N3O2/c1-7-8(2)17-9(3)12(7)10(16)5-11-13-6-14-15(11)4/h6,10,16H,5H2,1-4H3. The van der Waals surface area contributed by atoms with E-state index in [1.54, 1.807) is 4.68 Å². The van der Waals surface area contributed by atoms with Crippen LogP contribution in [0.4, 0.5) is 0 Å². The first kappa shape index (κ1) is 11.9. The van der Waals surface area contributed by atoms with Crippen molar-refractivity contribution in [2.45, 2.75) is 33.3 Å². The van der Waals surface area contributed by atoms with Gasteiger partial charge in [0.05, 0.1) is 6.10 Å². The Morgan fingerprint density at radius 2 is 2.06 bits per heavy atom. The molecule has 0 bridgehead atoms. The topological polar surface area (TPSA) is 64.1 Å². The molecule has 0 fully saturated rings. The number of aliphatic hydroxyl groups is 1. The Kier molecular flexibility index (Phi) is 3.02. The third kappa shape index (κ3) is 2.10. The summed E-state index contributed by atoms with van der Waals surface area (Å²) in [6.45, 7) is 5.73. The molecule has 0 aliphatic carbocycles. The molecule has 2 rings (SSSR count). The summed E-state index contributed by atoms with van der Waals surface area (Å²) in [4.78, 5) is 4.11. The molecule has 0 radical (unpaired) electrons. The second kappa shape index (κ2) is 4.33. The molecule has 2 heterocycles. The highest BCUT2D eigenvalue weighted by Gasteiger charge is 2.20. The molecule has 0 amide bonds. The molecule has 1 atom stereocenters. The van der Waals surface area contributed by atoms with Gasteiger partial charge in [-0.05, 0) is 26.3 Å². The minimum absolute atomic E-state index is 0.442. The van der Waals surface area contributed by atoms with Gasteiger partial charge in [-0.15, -0.1) is 0 Å². The first-order chi connectivity index (χ1) is 8.00. The second-order valence-corrected chi connectivity index (χ2v) is 4.27. The number of rotatable bonds is 3. The van der Waals surface area contributed by atoms with E-state index in [1.807, 2.05) is 27.8 Å². The van der Waals surface area contributed by atoms with Gasteiger partial charge in [-0.2, -0.15) is 5.10 Å². The molecule has 1 N–H and O–H groups in total. The highest BCUT2D eigenvalue weighted by atomic mass is 16.3. The van der Waals surface area contributed by atoms with Crippen LogP contribution in [0.5, 0.6) is 0 Å². The summed E-state index contributed by atoms with van der Waals surface area (Å²) in [7, 11) is 1.81. The molecule has 0 saturated heterocycles. The van der Waals surface area contributed by atoms with Gasteiger partial charge >= 0.3 is 0 Å². The second-order valence-electron chi connectivity index (χ2n) is 4.27. The van der Waals surface area contributed by atoms with Gasteiger partial charge < -0.3 is 9.52 Å². The SMILES string of the molecule is Cc1oc(C)c(C(O)Cc2ncnn2C)c1C. The number of hydrogen-bond donors (Lipinski definition) is 1. The molecule has 2 aromatic heterocycles. The lowest BCUT2D eigenvalue weighted by Crippen LogP contribution is -2.08. The molecule has 0 aliphatic heterocycles. The number of hydrogen-bond acceptors (Lipinski definition) is 4. The van der Waals surface area contributed by atoms with Gasteiger partial charge in [0.15, 0.2) is 0 Å². The van der Waals surface area contributed by atoms with Crippen molar-refractivity contribution in [3.05, 3.63) is 34.8 Å². The Morgan fingerprint density at radius 3 is 2.53 bits per heavy atom. The number of aryl methyl sites for hydroxylation is 3. The first-order valence-corrected chi connectivity index (χ1v) is 5.58. The number of furan rings is 1. The fourth-order valence-corrected chi connectivity index (χ4v) is 2.08. The van der Waals surface area contributed by atoms with Crippen LogP contribution in [0.1, 0.15) is 34.6 Å². The fraction of sp³-hybridized carbons (Fsp3) is 0.500. The molecule has 1 unspecified atom stereocenters. The van der Waals surface area contributed by atoms with Gasteiger partial charge in [0, 0.05) is 19.0 Å². The van der Waals surface area contributed by atoms with E-state index in [-0.39, 0.29) is 0 Å². The van der Waals surface area contributed by atoms with E-state index in [0.717, 1.165) is 28.5 Å². The van der Waals surface area contributed by atoms with Gasteiger partial charge in [0.1, 0.15) is 23.7 Å². The van der Waals surface area contributed by atoms with E-state index in [0.29, 0.717) is 6.42 Å². The monoisotopic (exact) mass is 235 g/mol. The predicted octanol–water partition coefficient (Wildman–Crippen LogP) is 1.61. The van der Waals surface area contributed by atoms with Crippen LogP contribution in [-0.4, -0.2) is 19.9 Å². The Morgan fingerprint density at radius 1 is 1.35 bits per heavy atom. The highest BCUT2D eigenvalue weighted by molar-refractivity contribution is 5.33. The maximum absolute atomic E-state index is 10.3. The lowest BCUT2D eigenvalue weighted by atomic mass is 10.0. The molecular weight excluding hydrogens is 218 g/mol. The van der Waals surface area contributed by atoms with Gasteiger partial charge in [-0.1, -0.05) is 0 Å². The van der Waals surface area contributed by atoms with Crippen LogP contribution in [0.25, 0.3) is 0 Å². The Bertz CT molecular complexity index is 528. The number of aromatic nitrogens is 3. The van der Waals surface area contributed by atoms with Crippen LogP contribution >= 0.6 is 0 Å². The van der Waals surface area contributed by atoms with Crippen LogP contribution in [0, 0.1) is 20.8 Å². The fourth-order valence-electron chi connectivity index (χ4n) is 2.08. The molecular formula is C12H17N3O2. The number of aliphatic hydroxyl groups excluding tert-OH is 1. The normalized spacial score (nSPS) is 13.0. The van der Waals surface area contributed by atoms with Crippen molar-refractivity contribution in [3.8, 4) is 0 Å². The van der Waals surface area contributed by atoms with Crippen LogP contribution < -0.4 is 0 Å². The lowest BCUT2D eigenvalue weighted by Gasteiger charge is -2.10. The van der Waals surface area contributed by atoms with Crippen molar-refractivity contribution < 1.29 is 9.52 Å². The smallest absolute Gasteiger partial charge is 0.138 e. The molecule has 0 aromatic carbocycles. The van der Waals surface area contributed by atoms with Crippen molar-refractivity contribution in [2.75, 3.05) is 0 Å². The molecule has 0 spiro atoms. The molecule has 2 aromatic rings. The molecule has 5 nitrogen and oxygen atoms in total. The van der Waals surface area contributed by atoms with Gasteiger partial charge in [-0.25, -0.2) is 4.98 Å². The van der Waals surface area contributed by atoms with E-state index < -0.39 is 6.10 Å². The maximum Gasteiger partial charge on any atom is 0.138 e. The summed E-state index contributed by atoms with van der Waals surface area (Å²) in [5.74, 6) is 2.39. The summed E-state index contributed by atoms with van der Waals surface area (Å²) in [6.07, 6.45) is 1.33. The van der Waals surface area contributed by atoms with Crippen LogP contribution in [0.3, 0.4) is 0 Å². The molecule has 0 saturated carbocycles. The van der Waals surface area contributed by atoms with Gasteiger partial charge in [-0.3, -0.25) is 4.68 Å². The average molecular weight is 235 g/mol. The van der Waals surface area contributed by atoms with E-state index >= 15 is 0 Å². The summed E-state index contributed by atoms with van der Waals surface area (Å²) >= 11 is 0. The molecule has 17 heavy (non-hydrogen) atoms. The zero-order valence-corrected chi connectivity index (χ0v) is 10.6. The van der Waals surface area contributed by atoms with Crippen molar-refractivity contribution in [3.63, 3.8) is 0 Å². The van der Waals surface area contributed by atoms with Crippen molar-refractivity contribution >= 4 is 0 Å². The average Bonchev–Trinajstić information content (AvgIpc) is 2.74. The zero-order chi connectivity index (χ0) is 12.6. The van der Waals surface area contributed by atoms with Crippen molar-refractivity contribution in [1.82, 2.24) is 14.8 Å². The van der Waals surface area contributed by atoms with Gasteiger partial charge in [0.25, 0.3) is 0 Å². The third-order valence-corrected chi connectivity index (χ3v) is 3.13. The van der Waals surface area contributed by atoms with Crippen LogP contribution in [0.2, 0.25) is 0 Å². The third-order valence-electron chi connectivity index (χ3n) is 3.13. The maximum atomic E-state index is 10.3. The summed E-state index contributed by atoms with van der Waals surface area (Å²) in [6, 6.07) is 0. The van der Waals surface area contributed by atoms with E-state index in [1.165, 1.54) is 6.33 Å². The Balaban J connectivity index is 2.26. The summed E-state index contributed by atoms with van der Waals surface area (Å²) in [5, 5.41) is 14.2. The number of nitrogens with zero attached hydrogens (tertiary/aromatic N) is 3. The highest BCUT2D eigenvalue weighted by Crippen LogP contribution is 2.28. The predicted molar refractivity (Wildman–Crippen MR) is 62.6 cm³/mol. The zero-order valence-electron chi connectivity index (χ0n) is 10.6. The summed E-state index contributed by atoms with van der Waals surface area (Å²) < 4.78 is 7.18. The van der Waals surface area contributed by atoms with Crippen molar-refractivity contribution in [2.24, 2.45) is 7.05 Å². The van der Waals surface area contributed by atoms with Crippen molar-refractivity contribution in [1.29, 1.82) is 0 Å². The molecule has 92 valence electrons. The molecule has 5 heteroatoms. The Labute approximate surface area is 100 Å². The van der Waals surface area contributed by atoms with E-state index in [9.17, 15) is 5.11 Å². The van der Waals surface area contributed by atoms with Crippen LogP contribution in [0.15, 0.2) is 10.7 Å². The first-order valence-electron chi connectivity index (χ1n) is 5.58. The lowest BCUT2D eigenvalue weighted by molar-refractivity contribution is 0.172. The van der Waals surface area contributed by atoms with E-state index in [2.05, 4.69) is 10.1 Å². The van der Waals surface area contributed by atoms with Crippen LogP contribution in [-0.2, 0) is 13.5 Å². The largest absolute Gasteiger partial charge is 0.466 e. The summed E-state index contributed by atoms with van der Waals surface area (Å²) in [5.41, 5.74) is 1.88. The molecule has 0 aliphatic rings. The van der Waals surface area contributed by atoms with E-state index in [4.69, 9.17) is 4.42 Å².